The van der Waals surface area contributed by atoms with Crippen LogP contribution in [0.15, 0.2) is 55.0 Å². The lowest BCUT2D eigenvalue weighted by atomic mass is 9.89. The smallest absolute Gasteiger partial charge is 0.253 e. The van der Waals surface area contributed by atoms with Crippen LogP contribution >= 0.6 is 0 Å². The van der Waals surface area contributed by atoms with Crippen molar-refractivity contribution in [3.05, 3.63) is 71.8 Å². The van der Waals surface area contributed by atoms with E-state index in [2.05, 4.69) is 33.3 Å². The molecule has 40 heavy (non-hydrogen) atoms. The summed E-state index contributed by atoms with van der Waals surface area (Å²) in [6, 6.07) is 13.7. The van der Waals surface area contributed by atoms with Gasteiger partial charge in [0.1, 0.15) is 17.5 Å². The summed E-state index contributed by atoms with van der Waals surface area (Å²) in [6.45, 7) is 7.47. The van der Waals surface area contributed by atoms with Crippen molar-refractivity contribution >= 4 is 17.2 Å². The Hall–Kier alpha value is -4.49. The van der Waals surface area contributed by atoms with Crippen LogP contribution in [-0.2, 0) is 0 Å². The van der Waals surface area contributed by atoms with Crippen LogP contribution in [0.3, 0.4) is 0 Å². The summed E-state index contributed by atoms with van der Waals surface area (Å²) in [5.41, 5.74) is 3.84. The molecule has 4 aromatic rings. The van der Waals surface area contributed by atoms with Gasteiger partial charge >= 0.3 is 0 Å². The number of piperidine rings is 1. The van der Waals surface area contributed by atoms with Gasteiger partial charge in [-0.1, -0.05) is 6.07 Å². The lowest BCUT2D eigenvalue weighted by molar-refractivity contribution is 0.0891. The molecule has 10 heteroatoms. The number of nitrogens with zero attached hydrogens (tertiary/aromatic N) is 6. The molecule has 0 radical (unpaired) electrons. The molecule has 2 N–H and O–H groups in total. The molecule has 0 saturated carbocycles. The Kier molecular flexibility index (Phi) is 7.67. The van der Waals surface area contributed by atoms with Gasteiger partial charge in [0.25, 0.3) is 11.8 Å². The van der Waals surface area contributed by atoms with E-state index in [4.69, 9.17) is 9.72 Å². The zero-order valence-corrected chi connectivity index (χ0v) is 23.0. The van der Waals surface area contributed by atoms with Crippen LogP contribution < -0.4 is 15.0 Å². The monoisotopic (exact) mass is 539 g/mol. The molecule has 0 spiro atoms. The summed E-state index contributed by atoms with van der Waals surface area (Å²) in [7, 11) is 0. The Balaban J connectivity index is 1.28. The van der Waals surface area contributed by atoms with Gasteiger partial charge in [-0.2, -0.15) is 5.26 Å². The Labute approximate surface area is 233 Å². The van der Waals surface area contributed by atoms with Crippen molar-refractivity contribution in [1.29, 1.82) is 5.26 Å². The van der Waals surface area contributed by atoms with Gasteiger partial charge in [-0.05, 0) is 63.9 Å². The van der Waals surface area contributed by atoms with Gasteiger partial charge < -0.3 is 20.1 Å². The average Bonchev–Trinajstić information content (AvgIpc) is 3.31. The molecule has 1 saturated heterocycles. The van der Waals surface area contributed by atoms with Gasteiger partial charge in [-0.3, -0.25) is 9.78 Å². The lowest BCUT2D eigenvalue weighted by Gasteiger charge is -2.40. The van der Waals surface area contributed by atoms with E-state index < -0.39 is 6.10 Å². The first-order valence-corrected chi connectivity index (χ1v) is 13.5. The number of rotatable bonds is 8. The van der Waals surface area contributed by atoms with Crippen LogP contribution in [0.25, 0.3) is 16.6 Å². The van der Waals surface area contributed by atoms with E-state index in [1.165, 1.54) is 0 Å². The molecular formula is C30H33N7O3. The number of hydrogen-bond donors (Lipinski definition) is 2. The third kappa shape index (κ3) is 5.75. The number of hydrogen-bond acceptors (Lipinski definition) is 8. The van der Waals surface area contributed by atoms with Crippen molar-refractivity contribution in [2.24, 2.45) is 0 Å². The molecule has 1 aliphatic rings. The highest BCUT2D eigenvalue weighted by atomic mass is 16.5. The van der Waals surface area contributed by atoms with Crippen LogP contribution in [0, 0.1) is 18.3 Å². The molecule has 0 aliphatic carbocycles. The number of nitriles is 1. The van der Waals surface area contributed by atoms with Gasteiger partial charge in [-0.15, -0.1) is 5.10 Å². The van der Waals surface area contributed by atoms with E-state index in [1.54, 1.807) is 29.9 Å². The number of aryl methyl sites for hydroxylation is 1. The van der Waals surface area contributed by atoms with E-state index in [1.807, 2.05) is 43.5 Å². The minimum absolute atomic E-state index is 0.103. The number of carbonyl (C=O) groups excluding carboxylic acids is 1. The molecule has 10 nitrogen and oxygen atoms in total. The molecule has 1 unspecified atom stereocenters. The first-order valence-electron chi connectivity index (χ1n) is 13.5. The molecule has 0 aromatic carbocycles. The Morgan fingerprint density at radius 3 is 2.65 bits per heavy atom. The zero-order chi connectivity index (χ0) is 28.3. The van der Waals surface area contributed by atoms with Crippen molar-refractivity contribution in [3.8, 4) is 23.1 Å². The van der Waals surface area contributed by atoms with Crippen molar-refractivity contribution in [3.63, 3.8) is 0 Å². The fourth-order valence-electron chi connectivity index (χ4n) is 4.88. The number of ether oxygens (including phenoxy) is 1. The summed E-state index contributed by atoms with van der Waals surface area (Å²) in [4.78, 5) is 23.9. The number of aliphatic hydroxyl groups is 1. The number of carbonyl (C=O) groups is 1. The second-order valence-corrected chi connectivity index (χ2v) is 10.6. The Morgan fingerprint density at radius 1 is 1.20 bits per heavy atom. The molecule has 1 fully saturated rings. The molecule has 1 aliphatic heterocycles. The summed E-state index contributed by atoms with van der Waals surface area (Å²) in [5.74, 6) is 1.01. The number of aromatic nitrogens is 4. The first kappa shape index (κ1) is 27.1. The van der Waals surface area contributed by atoms with Crippen LogP contribution in [0.5, 0.6) is 5.88 Å². The van der Waals surface area contributed by atoms with Crippen molar-refractivity contribution in [2.45, 2.75) is 51.7 Å². The SMILES string of the molecule is Cc1ccc(C(=O)NC2(C)CCN(c3ccc(-c4cccn5nc(OCCC(C)O)c(C#N)c45)cn3)CC2)cn1. The molecular weight excluding hydrogens is 506 g/mol. The number of anilines is 1. The molecule has 5 heterocycles. The maximum absolute atomic E-state index is 12.8. The Bertz CT molecular complexity index is 1530. The average molecular weight is 540 g/mol. The molecule has 5 rings (SSSR count). The number of fused-ring (bicyclic) bond motifs is 1. The van der Waals surface area contributed by atoms with Gasteiger partial charge in [-0.25, -0.2) is 9.50 Å². The molecule has 0 bridgehead atoms. The fraction of sp³-hybridized carbons (Fsp3) is 0.367. The molecule has 1 amide bonds. The van der Waals surface area contributed by atoms with Gasteiger partial charge in [0.05, 0.1) is 23.8 Å². The second kappa shape index (κ2) is 11.3. The number of aliphatic hydroxyl groups excluding tert-OH is 1. The standard InChI is InChI=1S/C30H33N7O3/c1-20-6-7-23(19-32-20)28(39)34-30(3)11-14-36(15-12-30)26-9-8-22(18-33-26)24-5-4-13-37-27(24)25(17-31)29(35-37)40-16-10-21(2)38/h4-9,13,18-19,21,38H,10-12,14-16H2,1-3H3,(H,34,39). The van der Waals surface area contributed by atoms with Crippen molar-refractivity contribution in [2.75, 3.05) is 24.6 Å². The zero-order valence-electron chi connectivity index (χ0n) is 23.0. The number of amides is 1. The van der Waals surface area contributed by atoms with Gasteiger partial charge in [0, 0.05) is 60.5 Å². The van der Waals surface area contributed by atoms with Gasteiger partial charge in [0.15, 0.2) is 0 Å². The van der Waals surface area contributed by atoms with E-state index >= 15 is 0 Å². The minimum atomic E-state index is -0.494. The van der Waals surface area contributed by atoms with Gasteiger partial charge in [0.2, 0.25) is 0 Å². The molecule has 206 valence electrons. The fourth-order valence-corrected chi connectivity index (χ4v) is 4.88. The van der Waals surface area contributed by atoms with Crippen LogP contribution in [0.4, 0.5) is 5.82 Å². The highest BCUT2D eigenvalue weighted by Gasteiger charge is 2.32. The topological polar surface area (TPSA) is 129 Å². The largest absolute Gasteiger partial charge is 0.476 e. The normalized spacial score (nSPS) is 15.4. The van der Waals surface area contributed by atoms with E-state index in [-0.39, 0.29) is 23.9 Å². The summed E-state index contributed by atoms with van der Waals surface area (Å²) in [5, 5.41) is 27.0. The maximum Gasteiger partial charge on any atom is 0.253 e. The summed E-state index contributed by atoms with van der Waals surface area (Å²) >= 11 is 0. The summed E-state index contributed by atoms with van der Waals surface area (Å²) < 4.78 is 7.36. The Morgan fingerprint density at radius 2 is 2.00 bits per heavy atom. The van der Waals surface area contributed by atoms with Crippen molar-refractivity contribution < 1.29 is 14.6 Å². The molecule has 1 atom stereocenters. The second-order valence-electron chi connectivity index (χ2n) is 10.6. The molecule has 4 aromatic heterocycles. The van der Waals surface area contributed by atoms with Crippen LogP contribution in [0.2, 0.25) is 0 Å². The quantitative estimate of drug-likeness (QED) is 0.345. The van der Waals surface area contributed by atoms with Crippen LogP contribution in [0.1, 0.15) is 54.7 Å². The highest BCUT2D eigenvalue weighted by molar-refractivity contribution is 5.94. The van der Waals surface area contributed by atoms with Crippen LogP contribution in [-0.4, -0.2) is 61.9 Å². The van der Waals surface area contributed by atoms with E-state index in [0.717, 1.165) is 48.6 Å². The lowest BCUT2D eigenvalue weighted by Crippen LogP contribution is -2.53. The minimum Gasteiger partial charge on any atom is -0.476 e. The number of nitrogens with one attached hydrogen (secondary N) is 1. The van der Waals surface area contributed by atoms with E-state index in [9.17, 15) is 15.2 Å². The number of pyridine rings is 3. The summed E-state index contributed by atoms with van der Waals surface area (Å²) in [6.07, 6.45) is 6.74. The predicted molar refractivity (Wildman–Crippen MR) is 151 cm³/mol. The van der Waals surface area contributed by atoms with Crippen molar-refractivity contribution in [1.82, 2.24) is 24.9 Å². The first-order chi connectivity index (χ1) is 19.3. The third-order valence-electron chi connectivity index (χ3n) is 7.35. The highest BCUT2D eigenvalue weighted by Crippen LogP contribution is 2.32. The maximum atomic E-state index is 12.8. The van der Waals surface area contributed by atoms with E-state index in [0.29, 0.717) is 23.1 Å². The third-order valence-corrected chi connectivity index (χ3v) is 7.35. The predicted octanol–water partition coefficient (Wildman–Crippen LogP) is 3.91.